The van der Waals surface area contributed by atoms with Gasteiger partial charge in [-0.3, -0.25) is 9.79 Å². The second-order valence-corrected chi connectivity index (χ2v) is 7.39. The SMILES string of the molecule is Cn1ccnc1C1C2=NCC(=O)C3=C2C(CCC3)NC1c1ccccc1. The molecule has 1 aromatic carbocycles. The molecule has 1 N–H and O–H groups in total. The molecule has 0 amide bonds. The lowest BCUT2D eigenvalue weighted by Crippen LogP contribution is -2.51. The van der Waals surface area contributed by atoms with Gasteiger partial charge in [-0.25, -0.2) is 4.98 Å². The van der Waals surface area contributed by atoms with Crippen LogP contribution >= 0.6 is 0 Å². The van der Waals surface area contributed by atoms with Gasteiger partial charge in [-0.1, -0.05) is 30.3 Å². The normalized spacial score (nSPS) is 28.0. The van der Waals surface area contributed by atoms with Gasteiger partial charge in [-0.05, 0) is 30.4 Å². The summed E-state index contributed by atoms with van der Waals surface area (Å²) in [7, 11) is 2.03. The topological polar surface area (TPSA) is 59.3 Å². The van der Waals surface area contributed by atoms with Crippen molar-refractivity contribution in [3.05, 3.63) is 65.3 Å². The Morgan fingerprint density at radius 1 is 1.23 bits per heavy atom. The van der Waals surface area contributed by atoms with Gasteiger partial charge in [0, 0.05) is 37.1 Å². The van der Waals surface area contributed by atoms with Gasteiger partial charge < -0.3 is 9.88 Å². The van der Waals surface area contributed by atoms with E-state index in [4.69, 9.17) is 4.99 Å². The van der Waals surface area contributed by atoms with Crippen LogP contribution in [0.4, 0.5) is 0 Å². The fraction of sp³-hybridized carbons (Fsp3) is 0.381. The molecule has 3 unspecified atom stereocenters. The maximum absolute atomic E-state index is 12.5. The minimum atomic E-state index is 0.0184. The fourth-order valence-corrected chi connectivity index (χ4v) is 4.73. The third-order valence-electron chi connectivity index (χ3n) is 5.90. The first-order valence-corrected chi connectivity index (χ1v) is 9.33. The highest BCUT2D eigenvalue weighted by atomic mass is 16.1. The minimum Gasteiger partial charge on any atom is -0.337 e. The molecule has 1 aromatic heterocycles. The number of piperidine rings is 1. The molecule has 5 nitrogen and oxygen atoms in total. The predicted molar refractivity (Wildman–Crippen MR) is 100 cm³/mol. The number of imidazole rings is 1. The first-order valence-electron chi connectivity index (χ1n) is 9.33. The number of rotatable bonds is 2. The standard InChI is InChI=1S/C21H22N4O/c1-25-11-10-22-21(25)18-19(13-6-3-2-4-7-13)24-15-9-5-8-14-16(26)12-23-20(18)17(14)15/h2-4,6-7,10-11,15,18-19,24H,5,8-9,12H2,1H3. The Hall–Kier alpha value is -2.53. The van der Waals surface area contributed by atoms with Gasteiger partial charge in [0.15, 0.2) is 5.78 Å². The zero-order chi connectivity index (χ0) is 17.7. The Morgan fingerprint density at radius 2 is 2.08 bits per heavy atom. The van der Waals surface area contributed by atoms with Crippen molar-refractivity contribution >= 4 is 11.5 Å². The molecule has 3 aliphatic rings. The van der Waals surface area contributed by atoms with E-state index >= 15 is 0 Å². The molecule has 1 aliphatic carbocycles. The van der Waals surface area contributed by atoms with Crippen LogP contribution in [0.2, 0.25) is 0 Å². The van der Waals surface area contributed by atoms with Crippen LogP contribution in [0, 0.1) is 0 Å². The van der Waals surface area contributed by atoms with Gasteiger partial charge in [0.25, 0.3) is 0 Å². The number of nitrogens with one attached hydrogen (secondary N) is 1. The van der Waals surface area contributed by atoms with Crippen molar-refractivity contribution < 1.29 is 4.79 Å². The van der Waals surface area contributed by atoms with Crippen LogP contribution in [0.3, 0.4) is 0 Å². The molecule has 26 heavy (non-hydrogen) atoms. The van der Waals surface area contributed by atoms with Crippen molar-refractivity contribution in [2.24, 2.45) is 12.0 Å². The van der Waals surface area contributed by atoms with Gasteiger partial charge in [0.2, 0.25) is 0 Å². The van der Waals surface area contributed by atoms with E-state index in [-0.39, 0.29) is 30.3 Å². The summed E-state index contributed by atoms with van der Waals surface area (Å²) in [5.41, 5.74) is 4.48. The number of carbonyl (C=O) groups excluding carboxylic acids is 1. The van der Waals surface area contributed by atoms with Crippen LogP contribution in [0.1, 0.15) is 42.6 Å². The van der Waals surface area contributed by atoms with E-state index in [2.05, 4.69) is 39.1 Å². The van der Waals surface area contributed by atoms with E-state index < -0.39 is 0 Å². The molecule has 2 aliphatic heterocycles. The van der Waals surface area contributed by atoms with Crippen molar-refractivity contribution in [2.45, 2.75) is 37.3 Å². The van der Waals surface area contributed by atoms with E-state index in [1.807, 2.05) is 25.5 Å². The molecule has 3 heterocycles. The molecule has 1 saturated heterocycles. The summed E-state index contributed by atoms with van der Waals surface area (Å²) in [6.45, 7) is 0.281. The predicted octanol–water partition coefficient (Wildman–Crippen LogP) is 2.72. The summed E-state index contributed by atoms with van der Waals surface area (Å²) < 4.78 is 2.07. The van der Waals surface area contributed by atoms with E-state index in [1.165, 1.54) is 5.56 Å². The van der Waals surface area contributed by atoms with Gasteiger partial charge in [0.1, 0.15) is 12.4 Å². The van der Waals surface area contributed by atoms with Crippen molar-refractivity contribution in [1.29, 1.82) is 0 Å². The Morgan fingerprint density at radius 3 is 2.85 bits per heavy atom. The van der Waals surface area contributed by atoms with E-state index in [0.717, 1.165) is 41.9 Å². The number of hydrogen-bond acceptors (Lipinski definition) is 4. The maximum Gasteiger partial charge on any atom is 0.180 e. The Balaban J connectivity index is 1.70. The third-order valence-corrected chi connectivity index (χ3v) is 5.90. The molecule has 132 valence electrons. The lowest BCUT2D eigenvalue weighted by Gasteiger charge is -2.44. The number of ketones is 1. The first kappa shape index (κ1) is 15.7. The molecule has 0 bridgehead atoms. The number of aliphatic imine (C=N–C) groups is 1. The average Bonchev–Trinajstić information content (AvgIpc) is 3.10. The summed E-state index contributed by atoms with van der Waals surface area (Å²) in [6.07, 6.45) is 6.82. The van der Waals surface area contributed by atoms with E-state index in [1.54, 1.807) is 0 Å². The second kappa shape index (κ2) is 6.02. The quantitative estimate of drug-likeness (QED) is 0.910. The monoisotopic (exact) mass is 346 g/mol. The largest absolute Gasteiger partial charge is 0.337 e. The van der Waals surface area contributed by atoms with Crippen molar-refractivity contribution in [3.8, 4) is 0 Å². The molecular weight excluding hydrogens is 324 g/mol. The van der Waals surface area contributed by atoms with Crippen molar-refractivity contribution in [1.82, 2.24) is 14.9 Å². The number of dihydropyridines is 1. The Kier molecular flexibility index (Phi) is 3.64. The average molecular weight is 346 g/mol. The molecule has 0 saturated carbocycles. The Bertz CT molecular complexity index is 924. The zero-order valence-corrected chi connectivity index (χ0v) is 14.9. The molecule has 0 spiro atoms. The number of Topliss-reactive ketones (excluding diaryl/α,β-unsaturated/α-hetero) is 1. The number of aryl methyl sites for hydroxylation is 1. The summed E-state index contributed by atoms with van der Waals surface area (Å²) in [5.74, 6) is 1.21. The third kappa shape index (κ3) is 2.31. The van der Waals surface area contributed by atoms with Crippen molar-refractivity contribution in [2.75, 3.05) is 6.54 Å². The lowest BCUT2D eigenvalue weighted by molar-refractivity contribution is -0.114. The highest BCUT2D eigenvalue weighted by Crippen LogP contribution is 2.44. The molecule has 3 atom stereocenters. The van der Waals surface area contributed by atoms with Crippen LogP contribution < -0.4 is 5.32 Å². The molecule has 0 radical (unpaired) electrons. The smallest absolute Gasteiger partial charge is 0.180 e. The maximum atomic E-state index is 12.5. The minimum absolute atomic E-state index is 0.0184. The number of benzene rings is 1. The molecule has 5 heteroatoms. The highest BCUT2D eigenvalue weighted by Gasteiger charge is 2.45. The summed E-state index contributed by atoms with van der Waals surface area (Å²) in [6, 6.07) is 10.9. The molecule has 2 aromatic rings. The first-order chi connectivity index (χ1) is 12.7. The number of aromatic nitrogens is 2. The number of hydrogen-bond donors (Lipinski definition) is 1. The zero-order valence-electron chi connectivity index (χ0n) is 14.9. The van der Waals surface area contributed by atoms with E-state index in [0.29, 0.717) is 0 Å². The summed E-state index contributed by atoms with van der Waals surface area (Å²) in [4.78, 5) is 21.9. The number of nitrogens with zero attached hydrogens (tertiary/aromatic N) is 3. The van der Waals surface area contributed by atoms with Crippen LogP contribution in [0.5, 0.6) is 0 Å². The molecular formula is C21H22N4O. The van der Waals surface area contributed by atoms with Gasteiger partial charge >= 0.3 is 0 Å². The Labute approximate surface area is 152 Å². The summed E-state index contributed by atoms with van der Waals surface area (Å²) in [5, 5.41) is 3.84. The lowest BCUT2D eigenvalue weighted by atomic mass is 9.71. The molecule has 1 fully saturated rings. The molecule has 5 rings (SSSR count). The van der Waals surface area contributed by atoms with Crippen LogP contribution in [0.25, 0.3) is 0 Å². The van der Waals surface area contributed by atoms with Crippen molar-refractivity contribution in [3.63, 3.8) is 0 Å². The fourth-order valence-electron chi connectivity index (χ4n) is 4.73. The van der Waals surface area contributed by atoms with Crippen LogP contribution in [-0.4, -0.2) is 33.6 Å². The van der Waals surface area contributed by atoms with E-state index in [9.17, 15) is 4.79 Å². The van der Waals surface area contributed by atoms with Crippen LogP contribution in [-0.2, 0) is 11.8 Å². The van der Waals surface area contributed by atoms with Crippen LogP contribution in [0.15, 0.2) is 58.9 Å². The van der Waals surface area contributed by atoms with Gasteiger partial charge in [0.05, 0.1) is 11.6 Å². The number of carbonyl (C=O) groups is 1. The highest BCUT2D eigenvalue weighted by molar-refractivity contribution is 6.17. The van der Waals surface area contributed by atoms with Gasteiger partial charge in [-0.15, -0.1) is 0 Å². The summed E-state index contributed by atoms with van der Waals surface area (Å²) >= 11 is 0. The van der Waals surface area contributed by atoms with Gasteiger partial charge in [-0.2, -0.15) is 0 Å². The second-order valence-electron chi connectivity index (χ2n) is 7.39.